The van der Waals surface area contributed by atoms with Gasteiger partial charge >= 0.3 is 5.97 Å². The van der Waals surface area contributed by atoms with Gasteiger partial charge in [-0.05, 0) is 36.2 Å². The number of benzene rings is 1. The number of carbonyl (C=O) groups is 2. The molecule has 1 aliphatic carbocycles. The average Bonchev–Trinajstić information content (AvgIpc) is 3.14. The molecule has 0 bridgehead atoms. The summed E-state index contributed by atoms with van der Waals surface area (Å²) in [5.74, 6) is -0.945. The number of rotatable bonds is 7. The third kappa shape index (κ3) is 4.87. The molecule has 0 fully saturated rings. The Hall–Kier alpha value is -3.34. The van der Waals surface area contributed by atoms with Crippen LogP contribution in [-0.4, -0.2) is 28.8 Å². The van der Waals surface area contributed by atoms with E-state index in [2.05, 4.69) is 26.1 Å². The molecule has 1 atom stereocenters. The number of nitrogens with zero attached hydrogens (tertiary/aromatic N) is 2. The average molecular weight is 476 g/mol. The molecule has 1 N–H and O–H groups in total. The molecular formula is C22H25N3O7S. The normalized spacial score (nSPS) is 15.5. The van der Waals surface area contributed by atoms with Crippen LogP contribution in [0, 0.1) is 31.6 Å². The van der Waals surface area contributed by atoms with Crippen molar-refractivity contribution in [3.05, 3.63) is 60.0 Å². The Morgan fingerprint density at radius 3 is 2.30 bits per heavy atom. The molecule has 176 valence electrons. The molecule has 0 radical (unpaired) electrons. The zero-order chi connectivity index (χ0) is 24.5. The monoisotopic (exact) mass is 475 g/mol. The number of amides is 1. The Kier molecular flexibility index (Phi) is 6.82. The van der Waals surface area contributed by atoms with Crippen LogP contribution in [0.3, 0.4) is 0 Å². The second kappa shape index (κ2) is 9.26. The van der Waals surface area contributed by atoms with Crippen LogP contribution in [-0.2, 0) is 17.6 Å². The van der Waals surface area contributed by atoms with E-state index in [4.69, 9.17) is 4.74 Å². The van der Waals surface area contributed by atoms with Crippen LogP contribution < -0.4 is 5.32 Å². The molecule has 0 saturated heterocycles. The largest absolute Gasteiger partial charge is 0.465 e. The van der Waals surface area contributed by atoms with E-state index in [9.17, 15) is 29.8 Å². The molecule has 0 spiro atoms. The summed E-state index contributed by atoms with van der Waals surface area (Å²) in [6, 6.07) is 2.72. The minimum Gasteiger partial charge on any atom is -0.465 e. The topological polar surface area (TPSA) is 142 Å². The lowest BCUT2D eigenvalue weighted by molar-refractivity contribution is -0.394. The fraction of sp³-hybridized carbons (Fsp3) is 0.455. The third-order valence-corrected chi connectivity index (χ3v) is 7.65. The highest BCUT2D eigenvalue weighted by Crippen LogP contribution is 2.45. The maximum absolute atomic E-state index is 12.9. The number of ether oxygens (including phenoxy) is 1. The molecule has 1 amide bonds. The summed E-state index contributed by atoms with van der Waals surface area (Å²) in [4.78, 5) is 47.2. The van der Waals surface area contributed by atoms with E-state index in [1.165, 1.54) is 18.4 Å². The van der Waals surface area contributed by atoms with Crippen molar-refractivity contribution in [2.75, 3.05) is 12.4 Å². The molecule has 11 heteroatoms. The quantitative estimate of drug-likeness (QED) is 0.332. The summed E-state index contributed by atoms with van der Waals surface area (Å²) < 4.78 is 4.94. The molecule has 33 heavy (non-hydrogen) atoms. The SMILES string of the molecule is CCC(C)(C)C1CCc2c(sc(NC(=O)c3cc([N+](=O)[O-])cc([N+](=O)[O-])c3)c2C(=O)OC)C1. The van der Waals surface area contributed by atoms with Gasteiger partial charge in [0, 0.05) is 17.0 Å². The summed E-state index contributed by atoms with van der Waals surface area (Å²) in [6.45, 7) is 6.58. The van der Waals surface area contributed by atoms with Crippen molar-refractivity contribution in [1.82, 2.24) is 0 Å². The first-order valence-corrected chi connectivity index (χ1v) is 11.3. The number of hydrogen-bond donors (Lipinski definition) is 1. The number of anilines is 1. The van der Waals surface area contributed by atoms with E-state index < -0.39 is 33.1 Å². The van der Waals surface area contributed by atoms with E-state index in [1.54, 1.807) is 0 Å². The Balaban J connectivity index is 1.99. The minimum absolute atomic E-state index is 0.123. The van der Waals surface area contributed by atoms with Gasteiger partial charge in [0.25, 0.3) is 17.3 Å². The number of non-ortho nitro benzene ring substituents is 2. The highest BCUT2D eigenvalue weighted by Gasteiger charge is 2.36. The number of carbonyl (C=O) groups excluding carboxylic acids is 2. The van der Waals surface area contributed by atoms with Crippen LogP contribution in [0.1, 0.15) is 64.8 Å². The fourth-order valence-corrected chi connectivity index (χ4v) is 5.37. The second-order valence-electron chi connectivity index (χ2n) is 8.69. The van der Waals surface area contributed by atoms with Gasteiger partial charge in [0.05, 0.1) is 34.1 Å². The van der Waals surface area contributed by atoms with Crippen molar-refractivity contribution in [3.8, 4) is 0 Å². The fourth-order valence-electron chi connectivity index (χ4n) is 4.06. The van der Waals surface area contributed by atoms with E-state index in [0.717, 1.165) is 47.9 Å². The van der Waals surface area contributed by atoms with Gasteiger partial charge in [0.1, 0.15) is 5.00 Å². The molecule has 1 unspecified atom stereocenters. The molecule has 2 aromatic rings. The van der Waals surface area contributed by atoms with Gasteiger partial charge in [-0.3, -0.25) is 25.0 Å². The standard InChI is InChI=1S/C22H25N3O7S/c1-5-22(2,3)13-6-7-16-17(10-13)33-20(18(16)21(27)32-4)23-19(26)12-8-14(24(28)29)11-15(9-12)25(30)31/h8-9,11,13H,5-7,10H2,1-4H3,(H,23,26). The number of methoxy groups -OCH3 is 1. The summed E-state index contributed by atoms with van der Waals surface area (Å²) >= 11 is 1.28. The van der Waals surface area contributed by atoms with E-state index >= 15 is 0 Å². The van der Waals surface area contributed by atoms with Gasteiger partial charge in [-0.2, -0.15) is 0 Å². The van der Waals surface area contributed by atoms with Crippen LogP contribution in [0.25, 0.3) is 0 Å². The summed E-state index contributed by atoms with van der Waals surface area (Å²) in [5.41, 5.74) is -0.148. The Morgan fingerprint density at radius 1 is 1.18 bits per heavy atom. The highest BCUT2D eigenvalue weighted by atomic mass is 32.1. The first-order chi connectivity index (χ1) is 15.5. The summed E-state index contributed by atoms with van der Waals surface area (Å²) in [5, 5.41) is 25.2. The van der Waals surface area contributed by atoms with Crippen LogP contribution in [0.5, 0.6) is 0 Å². The van der Waals surface area contributed by atoms with Gasteiger partial charge in [-0.1, -0.05) is 27.2 Å². The number of hydrogen-bond acceptors (Lipinski definition) is 8. The zero-order valence-corrected chi connectivity index (χ0v) is 19.6. The molecular weight excluding hydrogens is 450 g/mol. The molecule has 1 aliphatic rings. The molecule has 3 rings (SSSR count). The van der Waals surface area contributed by atoms with Gasteiger partial charge in [-0.25, -0.2) is 4.79 Å². The number of esters is 1. The Bertz CT molecular complexity index is 1110. The van der Waals surface area contributed by atoms with Crippen molar-refractivity contribution >= 4 is 39.6 Å². The second-order valence-corrected chi connectivity index (χ2v) is 9.79. The van der Waals surface area contributed by atoms with Crippen molar-refractivity contribution < 1.29 is 24.2 Å². The predicted octanol–water partition coefficient (Wildman–Crippen LogP) is 5.14. The third-order valence-electron chi connectivity index (χ3n) is 6.48. The number of fused-ring (bicyclic) bond motifs is 1. The van der Waals surface area contributed by atoms with E-state index in [0.29, 0.717) is 12.3 Å². The highest BCUT2D eigenvalue weighted by molar-refractivity contribution is 7.17. The van der Waals surface area contributed by atoms with E-state index in [-0.39, 0.29) is 21.5 Å². The predicted molar refractivity (Wildman–Crippen MR) is 123 cm³/mol. The lowest BCUT2D eigenvalue weighted by Crippen LogP contribution is -2.28. The number of thiophene rings is 1. The zero-order valence-electron chi connectivity index (χ0n) is 18.8. The van der Waals surface area contributed by atoms with Gasteiger partial charge < -0.3 is 10.1 Å². The maximum atomic E-state index is 12.9. The molecule has 0 saturated carbocycles. The van der Waals surface area contributed by atoms with Gasteiger partial charge in [0.2, 0.25) is 0 Å². The van der Waals surface area contributed by atoms with Gasteiger partial charge in [0.15, 0.2) is 0 Å². The minimum atomic E-state index is -0.802. The molecule has 0 aliphatic heterocycles. The van der Waals surface area contributed by atoms with Crippen molar-refractivity contribution in [1.29, 1.82) is 0 Å². The molecule has 1 aromatic heterocycles. The van der Waals surface area contributed by atoms with Crippen LogP contribution in [0.2, 0.25) is 0 Å². The van der Waals surface area contributed by atoms with Crippen LogP contribution in [0.15, 0.2) is 18.2 Å². The number of nitrogens with one attached hydrogen (secondary N) is 1. The molecule has 10 nitrogen and oxygen atoms in total. The molecule has 1 heterocycles. The Morgan fingerprint density at radius 2 is 1.79 bits per heavy atom. The summed E-state index contributed by atoms with van der Waals surface area (Å²) in [6.07, 6.45) is 3.35. The van der Waals surface area contributed by atoms with Crippen molar-refractivity contribution in [2.24, 2.45) is 11.3 Å². The first-order valence-electron chi connectivity index (χ1n) is 10.5. The maximum Gasteiger partial charge on any atom is 0.341 e. The van der Waals surface area contributed by atoms with Gasteiger partial charge in [-0.15, -0.1) is 11.3 Å². The summed E-state index contributed by atoms with van der Waals surface area (Å²) in [7, 11) is 1.26. The van der Waals surface area contributed by atoms with Crippen LogP contribution >= 0.6 is 11.3 Å². The smallest absolute Gasteiger partial charge is 0.341 e. The number of nitro groups is 2. The lowest BCUT2D eigenvalue weighted by atomic mass is 9.69. The van der Waals surface area contributed by atoms with Crippen molar-refractivity contribution in [2.45, 2.75) is 46.5 Å². The number of nitro benzene ring substituents is 2. The Labute approximate surface area is 194 Å². The first kappa shape index (κ1) is 24.3. The molecule has 1 aromatic carbocycles. The van der Waals surface area contributed by atoms with E-state index in [1.807, 2.05) is 0 Å². The van der Waals surface area contributed by atoms with Crippen LogP contribution in [0.4, 0.5) is 16.4 Å². The van der Waals surface area contributed by atoms with Crippen molar-refractivity contribution in [3.63, 3.8) is 0 Å². The lowest BCUT2D eigenvalue weighted by Gasteiger charge is -2.36.